The summed E-state index contributed by atoms with van der Waals surface area (Å²) in [6, 6.07) is 9.57. The monoisotopic (exact) mass is 173 g/mol. The van der Waals surface area contributed by atoms with Gasteiger partial charge in [-0.25, -0.2) is 0 Å². The van der Waals surface area contributed by atoms with Crippen LogP contribution in [0.5, 0.6) is 0 Å². The van der Waals surface area contributed by atoms with E-state index in [2.05, 4.69) is 16.6 Å². The molecule has 0 saturated carbocycles. The first-order valence-corrected chi connectivity index (χ1v) is 4.08. The molecule has 0 saturated heterocycles. The zero-order chi connectivity index (χ0) is 9.52. The maximum absolute atomic E-state index is 8.35. The smallest absolute Gasteiger partial charge is 0.0659 e. The van der Waals surface area contributed by atoms with Crippen molar-refractivity contribution in [1.29, 1.82) is 0 Å². The summed E-state index contributed by atoms with van der Waals surface area (Å²) in [6.07, 6.45) is 2.43. The molecule has 0 heterocycles. The molecule has 0 fully saturated rings. The Morgan fingerprint density at radius 3 is 2.69 bits per heavy atom. The number of benzene rings is 1. The van der Waals surface area contributed by atoms with Crippen LogP contribution in [0.15, 0.2) is 48.1 Å². The average Bonchev–Trinajstić information content (AvgIpc) is 2.19. The van der Waals surface area contributed by atoms with Gasteiger partial charge in [0.25, 0.3) is 0 Å². The van der Waals surface area contributed by atoms with Crippen LogP contribution in [-0.2, 0) is 0 Å². The Kier molecular flexibility index (Phi) is 3.61. The van der Waals surface area contributed by atoms with Gasteiger partial charge in [0.2, 0.25) is 0 Å². The highest BCUT2D eigenvalue weighted by atomic mass is 15.1. The fraction of sp³-hybridized carbons (Fsp3) is 0.200. The van der Waals surface area contributed by atoms with Gasteiger partial charge in [-0.15, -0.1) is 6.58 Å². The van der Waals surface area contributed by atoms with E-state index in [0.717, 1.165) is 5.56 Å². The topological polar surface area (TPSA) is 48.8 Å². The quantitative estimate of drug-likeness (QED) is 0.289. The van der Waals surface area contributed by atoms with Crippen molar-refractivity contribution in [1.82, 2.24) is 0 Å². The Hall–Kier alpha value is -1.73. The Labute approximate surface area is 77.3 Å². The lowest BCUT2D eigenvalue weighted by atomic mass is 10.1. The van der Waals surface area contributed by atoms with Crippen LogP contribution >= 0.6 is 0 Å². The van der Waals surface area contributed by atoms with Crippen molar-refractivity contribution in [3.05, 3.63) is 59.0 Å². The molecule has 0 spiro atoms. The molecule has 0 unspecified atom stereocenters. The number of hydrogen-bond acceptors (Lipinski definition) is 1. The normalized spacial score (nSPS) is 11.4. The van der Waals surface area contributed by atoms with Gasteiger partial charge >= 0.3 is 0 Å². The highest BCUT2D eigenvalue weighted by Gasteiger charge is 2.05. The van der Waals surface area contributed by atoms with Gasteiger partial charge in [-0.2, -0.15) is 0 Å². The third-order valence-corrected chi connectivity index (χ3v) is 1.77. The molecule has 1 aromatic carbocycles. The number of azide groups is 1. The van der Waals surface area contributed by atoms with Gasteiger partial charge in [-0.05, 0) is 17.5 Å². The molecule has 3 heteroatoms. The zero-order valence-corrected chi connectivity index (χ0v) is 7.30. The van der Waals surface area contributed by atoms with Gasteiger partial charge < -0.3 is 0 Å². The van der Waals surface area contributed by atoms with E-state index in [1.54, 1.807) is 6.08 Å². The second-order valence-electron chi connectivity index (χ2n) is 2.66. The summed E-state index contributed by atoms with van der Waals surface area (Å²) in [5, 5.41) is 3.69. The van der Waals surface area contributed by atoms with Crippen LogP contribution in [-0.4, -0.2) is 0 Å². The summed E-state index contributed by atoms with van der Waals surface area (Å²) in [5.74, 6) is 0. The minimum Gasteiger partial charge on any atom is -0.103 e. The lowest BCUT2D eigenvalue weighted by Crippen LogP contribution is -1.91. The minimum absolute atomic E-state index is 0.122. The number of rotatable bonds is 4. The predicted molar refractivity (Wildman–Crippen MR) is 53.1 cm³/mol. The summed E-state index contributed by atoms with van der Waals surface area (Å²) in [4.78, 5) is 2.81. The van der Waals surface area contributed by atoms with E-state index in [4.69, 9.17) is 5.53 Å². The average molecular weight is 173 g/mol. The van der Waals surface area contributed by atoms with Crippen LogP contribution < -0.4 is 0 Å². The third-order valence-electron chi connectivity index (χ3n) is 1.77. The zero-order valence-electron chi connectivity index (χ0n) is 7.30. The molecule has 66 valence electrons. The van der Waals surface area contributed by atoms with Crippen molar-refractivity contribution in [3.63, 3.8) is 0 Å². The number of nitrogens with zero attached hydrogens (tertiary/aromatic N) is 3. The van der Waals surface area contributed by atoms with Crippen molar-refractivity contribution in [2.75, 3.05) is 0 Å². The maximum Gasteiger partial charge on any atom is 0.0659 e. The van der Waals surface area contributed by atoms with Gasteiger partial charge in [0, 0.05) is 4.91 Å². The van der Waals surface area contributed by atoms with E-state index >= 15 is 0 Å². The molecule has 1 aromatic rings. The van der Waals surface area contributed by atoms with Crippen LogP contribution in [0.25, 0.3) is 10.4 Å². The van der Waals surface area contributed by atoms with Crippen LogP contribution in [0.4, 0.5) is 0 Å². The van der Waals surface area contributed by atoms with Crippen LogP contribution in [0.1, 0.15) is 18.0 Å². The van der Waals surface area contributed by atoms with Crippen LogP contribution in [0.2, 0.25) is 0 Å². The van der Waals surface area contributed by atoms with Crippen molar-refractivity contribution >= 4 is 0 Å². The highest BCUT2D eigenvalue weighted by molar-refractivity contribution is 5.19. The van der Waals surface area contributed by atoms with E-state index in [-0.39, 0.29) is 6.04 Å². The second-order valence-corrected chi connectivity index (χ2v) is 2.66. The molecule has 0 aliphatic rings. The lowest BCUT2D eigenvalue weighted by molar-refractivity contribution is 0.734. The van der Waals surface area contributed by atoms with Gasteiger partial charge in [0.15, 0.2) is 0 Å². The van der Waals surface area contributed by atoms with Crippen molar-refractivity contribution in [2.45, 2.75) is 12.5 Å². The fourth-order valence-electron chi connectivity index (χ4n) is 1.15. The summed E-state index contributed by atoms with van der Waals surface area (Å²) >= 11 is 0. The molecule has 0 aliphatic heterocycles. The molecule has 0 aliphatic carbocycles. The molecule has 0 radical (unpaired) electrons. The SMILES string of the molecule is C=CC[C@H](N=[N+]=[N-])c1ccccc1. The lowest BCUT2D eigenvalue weighted by Gasteiger charge is -2.07. The molecular formula is C10H11N3. The van der Waals surface area contributed by atoms with E-state index in [0.29, 0.717) is 6.42 Å². The summed E-state index contributed by atoms with van der Waals surface area (Å²) < 4.78 is 0. The van der Waals surface area contributed by atoms with E-state index in [1.807, 2.05) is 30.3 Å². The Morgan fingerprint density at radius 1 is 1.46 bits per heavy atom. The fourth-order valence-corrected chi connectivity index (χ4v) is 1.15. The summed E-state index contributed by atoms with van der Waals surface area (Å²) in [5.41, 5.74) is 9.38. The molecular weight excluding hydrogens is 162 g/mol. The molecule has 13 heavy (non-hydrogen) atoms. The molecule has 0 bridgehead atoms. The van der Waals surface area contributed by atoms with Crippen molar-refractivity contribution < 1.29 is 0 Å². The van der Waals surface area contributed by atoms with Gasteiger partial charge in [0.1, 0.15) is 0 Å². The highest BCUT2D eigenvalue weighted by Crippen LogP contribution is 2.20. The predicted octanol–water partition coefficient (Wildman–Crippen LogP) is 3.61. The number of hydrogen-bond donors (Lipinski definition) is 0. The van der Waals surface area contributed by atoms with Gasteiger partial charge in [0.05, 0.1) is 6.04 Å². The van der Waals surface area contributed by atoms with Gasteiger partial charge in [-0.1, -0.05) is 41.5 Å². The van der Waals surface area contributed by atoms with Crippen LogP contribution in [0, 0.1) is 0 Å². The molecule has 0 aromatic heterocycles. The minimum atomic E-state index is -0.122. The first-order valence-electron chi connectivity index (χ1n) is 4.08. The standard InChI is InChI=1S/C10H11N3/c1-2-6-10(12-13-11)9-7-4-3-5-8-9/h2-5,7-8,10H,1,6H2/t10-/m0/s1. The molecule has 3 nitrogen and oxygen atoms in total. The second kappa shape index (κ2) is 5.01. The van der Waals surface area contributed by atoms with Crippen molar-refractivity contribution in [3.8, 4) is 0 Å². The van der Waals surface area contributed by atoms with Crippen molar-refractivity contribution in [2.24, 2.45) is 5.11 Å². The summed E-state index contributed by atoms with van der Waals surface area (Å²) in [7, 11) is 0. The van der Waals surface area contributed by atoms with Gasteiger partial charge in [-0.3, -0.25) is 0 Å². The first kappa shape index (κ1) is 9.36. The van der Waals surface area contributed by atoms with E-state index < -0.39 is 0 Å². The Balaban J connectivity index is 2.87. The first-order chi connectivity index (χ1) is 6.38. The van der Waals surface area contributed by atoms with E-state index in [1.165, 1.54) is 0 Å². The molecule has 0 N–H and O–H groups in total. The molecule has 1 rings (SSSR count). The Bertz CT molecular complexity index is 312. The van der Waals surface area contributed by atoms with E-state index in [9.17, 15) is 0 Å². The maximum atomic E-state index is 8.35. The largest absolute Gasteiger partial charge is 0.103 e. The summed E-state index contributed by atoms with van der Waals surface area (Å²) in [6.45, 7) is 3.62. The Morgan fingerprint density at radius 2 is 2.15 bits per heavy atom. The molecule has 1 atom stereocenters. The van der Waals surface area contributed by atoms with Crippen LogP contribution in [0.3, 0.4) is 0 Å². The molecule has 0 amide bonds. The third kappa shape index (κ3) is 2.65.